The number of ketones is 1. The first-order chi connectivity index (χ1) is 3.18. The fraction of sp³-hybridized carbons (Fsp3) is 0.250. The molecule has 0 N–H and O–H groups in total. The molecule has 0 spiro atoms. The topological polar surface area (TPSA) is 17.1 Å². The molecule has 0 bridgehead atoms. The lowest BCUT2D eigenvalue weighted by atomic mass is 10.4. The lowest BCUT2D eigenvalue weighted by Gasteiger charge is -1.81. The van der Waals surface area contributed by atoms with E-state index in [1.54, 1.807) is 4.08 Å². The molecule has 0 aromatic heterocycles. The quantitative estimate of drug-likeness (QED) is 0.498. The zero-order chi connectivity index (χ0) is 5.86. The van der Waals surface area contributed by atoms with Crippen LogP contribution in [0.5, 0.6) is 0 Å². The second-order valence-electron chi connectivity index (χ2n) is 1.01. The van der Waals surface area contributed by atoms with E-state index < -0.39 is 0 Å². The van der Waals surface area contributed by atoms with Gasteiger partial charge in [0.05, 0.1) is 5.03 Å². The predicted molar refractivity (Wildman–Crippen MR) is 38.6 cm³/mol. The van der Waals surface area contributed by atoms with Gasteiger partial charge in [-0.1, -0.05) is 34.2 Å². The van der Waals surface area contributed by atoms with Crippen molar-refractivity contribution in [1.82, 2.24) is 0 Å². The molecule has 3 heteroatoms. The monoisotopic (exact) mass is 230 g/mol. The van der Waals surface area contributed by atoms with E-state index in [9.17, 15) is 4.79 Å². The molecule has 0 aliphatic rings. The molecule has 0 radical (unpaired) electrons. The molecule has 0 fully saturated rings. The average molecular weight is 230 g/mol. The Labute approximate surface area is 60.9 Å². The Morgan fingerprint density at radius 1 is 1.86 bits per heavy atom. The van der Waals surface area contributed by atoms with Gasteiger partial charge in [0, 0.05) is 6.92 Å². The first-order valence-electron chi connectivity index (χ1n) is 1.65. The fourth-order valence-electron chi connectivity index (χ4n) is 0.0768. The third-order valence-corrected chi connectivity index (χ3v) is 1.80. The Kier molecular flexibility index (Phi) is 3.65. The molecule has 0 rings (SSSR count). The molecule has 0 aliphatic carbocycles. The molecule has 40 valence electrons. The minimum atomic E-state index is -0.0870. The van der Waals surface area contributed by atoms with Crippen LogP contribution in [-0.2, 0) is 4.79 Å². The number of allylic oxidation sites excluding steroid dienone is 1. The molecule has 0 aromatic rings. The highest BCUT2D eigenvalue weighted by atomic mass is 127. The van der Waals surface area contributed by atoms with Gasteiger partial charge in [-0.05, 0) is 4.08 Å². The lowest BCUT2D eigenvalue weighted by Crippen LogP contribution is -1.84. The van der Waals surface area contributed by atoms with Crippen molar-refractivity contribution in [2.75, 3.05) is 0 Å². The number of hydrogen-bond acceptors (Lipinski definition) is 1. The van der Waals surface area contributed by atoms with Crippen LogP contribution < -0.4 is 0 Å². The normalized spacial score (nSPS) is 11.6. The Balaban J connectivity index is 3.82. The molecule has 0 atom stereocenters. The summed E-state index contributed by atoms with van der Waals surface area (Å²) >= 11 is 7.22. The van der Waals surface area contributed by atoms with E-state index in [1.807, 2.05) is 22.6 Å². The van der Waals surface area contributed by atoms with Gasteiger partial charge < -0.3 is 0 Å². The fourth-order valence-corrected chi connectivity index (χ4v) is 0.515. The molecule has 7 heavy (non-hydrogen) atoms. The first kappa shape index (κ1) is 7.43. The number of carbonyl (C=O) groups is 1. The summed E-state index contributed by atoms with van der Waals surface area (Å²) in [6.07, 6.45) is 0. The van der Waals surface area contributed by atoms with Crippen molar-refractivity contribution in [3.05, 3.63) is 9.12 Å². The average Bonchev–Trinajstić information content (AvgIpc) is 1.65. The SMILES string of the molecule is CC(=O)/C(Cl)=C\I. The molecular weight excluding hydrogens is 226 g/mol. The number of Topliss-reactive ketones (excluding diaryl/α,β-unsaturated/α-hetero) is 1. The summed E-state index contributed by atoms with van der Waals surface area (Å²) in [6, 6.07) is 0. The Morgan fingerprint density at radius 2 is 2.29 bits per heavy atom. The van der Waals surface area contributed by atoms with Crippen LogP contribution in [-0.4, -0.2) is 5.78 Å². The smallest absolute Gasteiger partial charge is 0.171 e. The van der Waals surface area contributed by atoms with Crippen molar-refractivity contribution in [2.45, 2.75) is 6.92 Å². The number of halogens is 2. The van der Waals surface area contributed by atoms with Crippen LogP contribution >= 0.6 is 34.2 Å². The summed E-state index contributed by atoms with van der Waals surface area (Å²) in [5.41, 5.74) is 0. The zero-order valence-corrected chi connectivity index (χ0v) is 6.65. The van der Waals surface area contributed by atoms with Crippen molar-refractivity contribution >= 4 is 40.0 Å². The zero-order valence-electron chi connectivity index (χ0n) is 3.74. The molecule has 0 aromatic carbocycles. The Morgan fingerprint density at radius 3 is 2.29 bits per heavy atom. The van der Waals surface area contributed by atoms with E-state index in [0.29, 0.717) is 5.03 Å². The molecule has 1 nitrogen and oxygen atoms in total. The van der Waals surface area contributed by atoms with Crippen LogP contribution in [0, 0.1) is 0 Å². The Hall–Kier alpha value is 0.430. The number of carbonyl (C=O) groups excluding carboxylic acids is 1. The maximum absolute atomic E-state index is 10.2. The highest BCUT2D eigenvalue weighted by Crippen LogP contribution is 2.04. The van der Waals surface area contributed by atoms with Gasteiger partial charge in [-0.15, -0.1) is 0 Å². The van der Waals surface area contributed by atoms with Crippen LogP contribution in [0.3, 0.4) is 0 Å². The van der Waals surface area contributed by atoms with E-state index in [1.165, 1.54) is 6.92 Å². The lowest BCUT2D eigenvalue weighted by molar-refractivity contribution is -0.113. The van der Waals surface area contributed by atoms with Crippen LogP contribution in [0.2, 0.25) is 0 Å². The van der Waals surface area contributed by atoms with Crippen molar-refractivity contribution in [1.29, 1.82) is 0 Å². The summed E-state index contributed by atoms with van der Waals surface area (Å²) in [4.78, 5) is 10.2. The minimum Gasteiger partial charge on any atom is -0.294 e. The first-order valence-corrected chi connectivity index (χ1v) is 3.27. The molecular formula is C4H4ClIO. The van der Waals surface area contributed by atoms with Crippen LogP contribution in [0.15, 0.2) is 9.12 Å². The molecule has 0 heterocycles. The van der Waals surface area contributed by atoms with Gasteiger partial charge in [-0.3, -0.25) is 4.79 Å². The summed E-state index contributed by atoms with van der Waals surface area (Å²) in [5, 5.41) is 0.292. The molecule has 0 aliphatic heterocycles. The third-order valence-electron chi connectivity index (χ3n) is 0.432. The van der Waals surface area contributed by atoms with Gasteiger partial charge in [-0.25, -0.2) is 0 Å². The maximum atomic E-state index is 10.2. The predicted octanol–water partition coefficient (Wildman–Crippen LogP) is 2.09. The molecule has 0 unspecified atom stereocenters. The maximum Gasteiger partial charge on any atom is 0.171 e. The van der Waals surface area contributed by atoms with E-state index in [2.05, 4.69) is 0 Å². The molecule has 0 saturated heterocycles. The molecule has 0 saturated carbocycles. The van der Waals surface area contributed by atoms with Crippen molar-refractivity contribution in [3.63, 3.8) is 0 Å². The standard InChI is InChI=1S/C4H4ClIO/c1-3(7)4(5)2-6/h2H,1H3/b4-2+. The third kappa shape index (κ3) is 3.05. The summed E-state index contributed by atoms with van der Waals surface area (Å²) in [7, 11) is 0. The van der Waals surface area contributed by atoms with E-state index in [0.717, 1.165) is 0 Å². The Bertz CT molecular complexity index is 108. The number of rotatable bonds is 1. The van der Waals surface area contributed by atoms with Gasteiger partial charge in [0.1, 0.15) is 0 Å². The van der Waals surface area contributed by atoms with Gasteiger partial charge in [0.15, 0.2) is 5.78 Å². The van der Waals surface area contributed by atoms with Gasteiger partial charge in [-0.2, -0.15) is 0 Å². The summed E-state index contributed by atoms with van der Waals surface area (Å²) in [5.74, 6) is -0.0870. The van der Waals surface area contributed by atoms with Crippen molar-refractivity contribution in [3.8, 4) is 0 Å². The van der Waals surface area contributed by atoms with Gasteiger partial charge in [0.2, 0.25) is 0 Å². The van der Waals surface area contributed by atoms with E-state index >= 15 is 0 Å². The highest BCUT2D eigenvalue weighted by molar-refractivity contribution is 14.1. The van der Waals surface area contributed by atoms with Gasteiger partial charge >= 0.3 is 0 Å². The van der Waals surface area contributed by atoms with Crippen molar-refractivity contribution < 1.29 is 4.79 Å². The second-order valence-corrected chi connectivity index (χ2v) is 2.04. The largest absolute Gasteiger partial charge is 0.294 e. The minimum absolute atomic E-state index is 0.0870. The van der Waals surface area contributed by atoms with Crippen molar-refractivity contribution in [2.24, 2.45) is 0 Å². The molecule has 0 amide bonds. The van der Waals surface area contributed by atoms with Crippen LogP contribution in [0.4, 0.5) is 0 Å². The van der Waals surface area contributed by atoms with Crippen LogP contribution in [0.1, 0.15) is 6.92 Å². The second kappa shape index (κ2) is 3.43. The summed E-state index contributed by atoms with van der Waals surface area (Å²) in [6.45, 7) is 1.43. The van der Waals surface area contributed by atoms with Crippen LogP contribution in [0.25, 0.3) is 0 Å². The highest BCUT2D eigenvalue weighted by Gasteiger charge is 1.93. The van der Waals surface area contributed by atoms with Gasteiger partial charge in [0.25, 0.3) is 0 Å². The van der Waals surface area contributed by atoms with E-state index in [-0.39, 0.29) is 5.78 Å². The summed E-state index contributed by atoms with van der Waals surface area (Å²) < 4.78 is 1.54. The number of hydrogen-bond donors (Lipinski definition) is 0. The van der Waals surface area contributed by atoms with E-state index in [4.69, 9.17) is 11.6 Å².